The van der Waals surface area contributed by atoms with Crippen molar-refractivity contribution in [1.29, 1.82) is 0 Å². The van der Waals surface area contributed by atoms with Crippen LogP contribution in [0.5, 0.6) is 0 Å². The smallest absolute Gasteiger partial charge is 0.273 e. The van der Waals surface area contributed by atoms with Crippen molar-refractivity contribution in [2.75, 3.05) is 33.4 Å². The van der Waals surface area contributed by atoms with Crippen LogP contribution in [0.3, 0.4) is 0 Å². The topological polar surface area (TPSA) is 122 Å². The Morgan fingerprint density at radius 1 is 1.30 bits per heavy atom. The minimum atomic E-state index is -4.23. The van der Waals surface area contributed by atoms with Gasteiger partial charge in [-0.05, 0) is 37.1 Å². The molecule has 2 aromatic rings. The van der Waals surface area contributed by atoms with Crippen molar-refractivity contribution in [3.63, 3.8) is 0 Å². The Morgan fingerprint density at radius 3 is 2.70 bits per heavy atom. The number of amides is 1. The summed E-state index contributed by atoms with van der Waals surface area (Å²) in [4.78, 5) is 12.5. The summed E-state index contributed by atoms with van der Waals surface area (Å²) in [6, 6.07) is 8.23. The van der Waals surface area contributed by atoms with Crippen molar-refractivity contribution in [1.82, 2.24) is 14.3 Å². The van der Waals surface area contributed by atoms with Crippen LogP contribution >= 0.6 is 11.3 Å². The number of fused-ring (bicyclic) bond motifs is 1. The van der Waals surface area contributed by atoms with E-state index in [-0.39, 0.29) is 34.0 Å². The van der Waals surface area contributed by atoms with Gasteiger partial charge in [0.05, 0.1) is 6.42 Å². The molecule has 0 spiro atoms. The molecule has 0 radical (unpaired) electrons. The van der Waals surface area contributed by atoms with Gasteiger partial charge in [0.2, 0.25) is 5.91 Å². The van der Waals surface area contributed by atoms with Gasteiger partial charge < -0.3 is 10.1 Å². The van der Waals surface area contributed by atoms with E-state index in [0.29, 0.717) is 36.5 Å². The average molecular weight is 516 g/mol. The van der Waals surface area contributed by atoms with E-state index in [4.69, 9.17) is 4.74 Å². The van der Waals surface area contributed by atoms with Crippen LogP contribution in [0.2, 0.25) is 0 Å². The van der Waals surface area contributed by atoms with Gasteiger partial charge in [-0.3, -0.25) is 4.79 Å². The van der Waals surface area contributed by atoms with Gasteiger partial charge in [-0.2, -0.15) is 4.31 Å². The molecule has 2 heterocycles. The van der Waals surface area contributed by atoms with Gasteiger partial charge in [-0.25, -0.2) is 21.6 Å². The molecule has 3 rings (SSSR count). The highest BCUT2D eigenvalue weighted by molar-refractivity contribution is 7.94. The number of carbonyl (C=O) groups excluding carboxylic acids is 1. The third-order valence-electron chi connectivity index (χ3n) is 5.37. The molecule has 0 bridgehead atoms. The molecule has 33 heavy (non-hydrogen) atoms. The zero-order valence-corrected chi connectivity index (χ0v) is 21.3. The summed E-state index contributed by atoms with van der Waals surface area (Å²) in [5.74, 6) is -0.678. The molecular formula is C21H29N3O6S3. The number of likely N-dealkylation sites (N-methyl/N-ethyl adjacent to an activating group) is 1. The highest BCUT2D eigenvalue weighted by atomic mass is 32.3. The second kappa shape index (κ2) is 10.6. The molecule has 1 aromatic heterocycles. The molecule has 1 aromatic carbocycles. The molecule has 12 heteroatoms. The highest BCUT2D eigenvalue weighted by Crippen LogP contribution is 2.40. The number of nitrogens with one attached hydrogen (secondary N) is 2. The van der Waals surface area contributed by atoms with Crippen molar-refractivity contribution >= 4 is 37.3 Å². The quantitative estimate of drug-likeness (QED) is 0.463. The van der Waals surface area contributed by atoms with Crippen LogP contribution in [0.4, 0.5) is 0 Å². The second-order valence-corrected chi connectivity index (χ2v) is 12.9. The Labute approximate surface area is 199 Å². The lowest BCUT2D eigenvalue weighted by molar-refractivity contribution is -0.118. The first-order chi connectivity index (χ1) is 15.6. The van der Waals surface area contributed by atoms with E-state index in [2.05, 4.69) is 10.0 Å². The molecule has 9 nitrogen and oxygen atoms in total. The van der Waals surface area contributed by atoms with Crippen molar-refractivity contribution in [3.05, 3.63) is 47.0 Å². The van der Waals surface area contributed by atoms with Crippen molar-refractivity contribution in [2.24, 2.45) is 0 Å². The number of methoxy groups -OCH3 is 1. The van der Waals surface area contributed by atoms with E-state index in [0.717, 1.165) is 11.1 Å². The number of thiophene rings is 1. The van der Waals surface area contributed by atoms with Crippen molar-refractivity contribution in [3.8, 4) is 0 Å². The molecule has 1 amide bonds. The Morgan fingerprint density at radius 2 is 2.03 bits per heavy atom. The molecule has 1 atom stereocenters. The lowest BCUT2D eigenvalue weighted by Gasteiger charge is -2.32. The Balaban J connectivity index is 1.87. The third-order valence-corrected chi connectivity index (χ3v) is 10.8. The summed E-state index contributed by atoms with van der Waals surface area (Å²) in [6.45, 7) is 5.21. The fourth-order valence-electron chi connectivity index (χ4n) is 3.70. The molecule has 0 saturated carbocycles. The van der Waals surface area contributed by atoms with Crippen LogP contribution in [-0.2, 0) is 36.0 Å². The van der Waals surface area contributed by atoms with Gasteiger partial charge in [0.25, 0.3) is 20.0 Å². The molecule has 2 N–H and O–H groups in total. The zero-order chi connectivity index (χ0) is 24.2. The number of ether oxygens (including phenoxy) is 1. The summed E-state index contributed by atoms with van der Waals surface area (Å²) in [6.07, 6.45) is 0.429. The highest BCUT2D eigenvalue weighted by Gasteiger charge is 2.40. The maximum Gasteiger partial charge on any atom is 0.273 e. The number of benzene rings is 1. The van der Waals surface area contributed by atoms with Crippen LogP contribution in [0.25, 0.3) is 0 Å². The summed E-state index contributed by atoms with van der Waals surface area (Å²) in [5, 5.41) is 3.23. The largest absolute Gasteiger partial charge is 0.385 e. The normalized spacial score (nSPS) is 18.1. The first-order valence-corrected chi connectivity index (χ1v) is 14.3. The summed E-state index contributed by atoms with van der Waals surface area (Å²) < 4.78 is 60.5. The first kappa shape index (κ1) is 25.8. The number of carbonyl (C=O) groups is 1. The molecule has 1 aliphatic rings. The zero-order valence-electron chi connectivity index (χ0n) is 18.8. The average Bonchev–Trinajstić information content (AvgIpc) is 3.21. The van der Waals surface area contributed by atoms with Crippen molar-refractivity contribution in [2.45, 2.75) is 41.1 Å². The van der Waals surface area contributed by atoms with Gasteiger partial charge >= 0.3 is 0 Å². The monoisotopic (exact) mass is 515 g/mol. The van der Waals surface area contributed by atoms with Gasteiger partial charge in [-0.1, -0.05) is 31.2 Å². The maximum absolute atomic E-state index is 13.2. The Hall–Kier alpha value is -1.83. The lowest BCUT2D eigenvalue weighted by atomic mass is 10.1. The first-order valence-electron chi connectivity index (χ1n) is 10.6. The van der Waals surface area contributed by atoms with Crippen LogP contribution in [0.15, 0.2) is 38.8 Å². The number of hydrogen-bond acceptors (Lipinski definition) is 8. The van der Waals surface area contributed by atoms with E-state index < -0.39 is 26.0 Å². The molecular weight excluding hydrogens is 486 g/mol. The standard InChI is InChI=1S/C21H29N3O6S3/c1-4-22-18-14-24(10-7-11-30-3)33(28,29)21-17(18)13-20(31-21)32(26,27)23-19(25)12-16-9-6-5-8-15(16)2/h5-6,8-9,13,18,22H,4,7,10-12,14H2,1-3H3,(H,23,25)/t18-/m0/s1. The van der Waals surface area contributed by atoms with E-state index in [1.807, 2.05) is 26.0 Å². The molecule has 0 aliphatic carbocycles. The fourth-order valence-corrected chi connectivity index (χ4v) is 8.56. The third kappa shape index (κ3) is 5.81. The van der Waals surface area contributed by atoms with Crippen molar-refractivity contribution < 1.29 is 26.4 Å². The van der Waals surface area contributed by atoms with Crippen LogP contribution in [0, 0.1) is 6.92 Å². The SMILES string of the molecule is CCN[C@H]1CN(CCCOC)S(=O)(=O)c2sc(S(=O)(=O)NC(=O)Cc3ccccc3C)cc21. The minimum absolute atomic E-state index is 0.0103. The van der Waals surface area contributed by atoms with E-state index in [9.17, 15) is 21.6 Å². The van der Waals surface area contributed by atoms with Gasteiger partial charge in [-0.15, -0.1) is 11.3 Å². The summed E-state index contributed by atoms with van der Waals surface area (Å²) >= 11 is 0.670. The Kier molecular flexibility index (Phi) is 8.30. The van der Waals surface area contributed by atoms with E-state index >= 15 is 0 Å². The lowest BCUT2D eigenvalue weighted by Crippen LogP contribution is -2.43. The minimum Gasteiger partial charge on any atom is -0.385 e. The summed E-state index contributed by atoms with van der Waals surface area (Å²) in [7, 11) is -6.53. The van der Waals surface area contributed by atoms with E-state index in [1.54, 1.807) is 19.2 Å². The van der Waals surface area contributed by atoms with Crippen LogP contribution in [0.1, 0.15) is 36.1 Å². The predicted octanol–water partition coefficient (Wildman–Crippen LogP) is 1.80. The maximum atomic E-state index is 13.2. The van der Waals surface area contributed by atoms with Gasteiger partial charge in [0.15, 0.2) is 0 Å². The number of sulfonamides is 2. The molecule has 0 fully saturated rings. The fraction of sp³-hybridized carbons (Fsp3) is 0.476. The van der Waals surface area contributed by atoms with Crippen LogP contribution in [-0.4, -0.2) is 60.4 Å². The molecule has 0 unspecified atom stereocenters. The Bertz CT molecular complexity index is 1210. The number of aryl methyl sites for hydroxylation is 1. The predicted molar refractivity (Wildman–Crippen MR) is 126 cm³/mol. The summed E-state index contributed by atoms with van der Waals surface area (Å²) in [5.41, 5.74) is 2.01. The van der Waals surface area contributed by atoms with Gasteiger partial charge in [0.1, 0.15) is 8.42 Å². The molecule has 182 valence electrons. The second-order valence-electron chi connectivity index (χ2n) is 7.76. The molecule has 0 saturated heterocycles. The van der Waals surface area contributed by atoms with Gasteiger partial charge in [0, 0.05) is 38.4 Å². The number of nitrogens with zero attached hydrogens (tertiary/aromatic N) is 1. The number of rotatable bonds is 10. The molecule has 1 aliphatic heterocycles. The number of hydrogen-bond donors (Lipinski definition) is 2. The van der Waals surface area contributed by atoms with Crippen LogP contribution < -0.4 is 10.0 Å². The van der Waals surface area contributed by atoms with E-state index in [1.165, 1.54) is 10.4 Å².